The molecule has 1 heterocycles. The Balaban J connectivity index is 1.24. The number of nitrogens with one attached hydrogen (secondary N) is 5. The third-order valence-electron chi connectivity index (χ3n) is 7.99. The lowest BCUT2D eigenvalue weighted by Crippen LogP contribution is -2.48. The number of aromatic nitrogens is 2. The lowest BCUT2D eigenvalue weighted by molar-refractivity contribution is -0.138. The number of aliphatic carboxylic acids is 1. The Labute approximate surface area is 278 Å². The second-order valence-electron chi connectivity index (χ2n) is 11.9. The average molecular weight is 669 g/mol. The van der Waals surface area contributed by atoms with E-state index in [1.165, 1.54) is 12.1 Å². The van der Waals surface area contributed by atoms with E-state index >= 15 is 0 Å². The van der Waals surface area contributed by atoms with Crippen LogP contribution in [-0.2, 0) is 20.2 Å². The highest BCUT2D eigenvalue weighted by atomic mass is 32.2. The molecule has 1 atom stereocenters. The van der Waals surface area contributed by atoms with Crippen LogP contribution in [0.4, 0.5) is 16.2 Å². The van der Waals surface area contributed by atoms with Crippen molar-refractivity contribution in [2.75, 3.05) is 17.2 Å². The highest BCUT2D eigenvalue weighted by Crippen LogP contribution is 2.32. The number of amides is 3. The number of para-hydroxylation sites is 1. The molecule has 5 aromatic rings. The molecular formula is C35H36N6O6S. The minimum atomic E-state index is -4.13. The molecule has 6 N–H and O–H groups in total. The number of rotatable bonds is 11. The van der Waals surface area contributed by atoms with Crippen LogP contribution in [0.1, 0.15) is 46.7 Å². The van der Waals surface area contributed by atoms with Gasteiger partial charge in [0, 0.05) is 28.9 Å². The van der Waals surface area contributed by atoms with Crippen LogP contribution in [-0.4, -0.2) is 54.0 Å². The number of nitrogens with zero attached hydrogens (tertiary/aromatic N) is 1. The van der Waals surface area contributed by atoms with Crippen molar-refractivity contribution in [2.45, 2.75) is 44.0 Å². The number of H-pyrrole nitrogens is 1. The lowest BCUT2D eigenvalue weighted by atomic mass is 9.84. The fourth-order valence-electron chi connectivity index (χ4n) is 5.00. The van der Waals surface area contributed by atoms with E-state index in [9.17, 15) is 27.9 Å². The largest absolute Gasteiger partial charge is 0.480 e. The Morgan fingerprint density at radius 3 is 2.25 bits per heavy atom. The van der Waals surface area contributed by atoms with E-state index < -0.39 is 39.9 Å². The van der Waals surface area contributed by atoms with Crippen molar-refractivity contribution in [3.8, 4) is 0 Å². The summed E-state index contributed by atoms with van der Waals surface area (Å²) in [6.45, 7) is 7.23. The highest BCUT2D eigenvalue weighted by molar-refractivity contribution is 7.89. The Morgan fingerprint density at radius 2 is 1.58 bits per heavy atom. The summed E-state index contributed by atoms with van der Waals surface area (Å²) in [5.41, 5.74) is 4.95. The third-order valence-corrected chi connectivity index (χ3v) is 9.47. The smallest absolute Gasteiger partial charge is 0.323 e. The molecule has 0 bridgehead atoms. The second kappa shape index (κ2) is 13.7. The van der Waals surface area contributed by atoms with Gasteiger partial charge in [0.25, 0.3) is 5.91 Å². The molecule has 5 rings (SSSR count). The first-order chi connectivity index (χ1) is 22.7. The lowest BCUT2D eigenvalue weighted by Gasteiger charge is -2.23. The predicted molar refractivity (Wildman–Crippen MR) is 184 cm³/mol. The Bertz CT molecular complexity index is 2090. The van der Waals surface area contributed by atoms with Crippen LogP contribution in [0.15, 0.2) is 95.9 Å². The molecule has 0 aliphatic carbocycles. The molecule has 4 aromatic carbocycles. The van der Waals surface area contributed by atoms with E-state index in [4.69, 9.17) is 4.98 Å². The summed E-state index contributed by atoms with van der Waals surface area (Å²) in [4.78, 5) is 45.3. The molecule has 13 heteroatoms. The second-order valence-corrected chi connectivity index (χ2v) is 13.7. The Hall–Kier alpha value is -5.53. The van der Waals surface area contributed by atoms with E-state index in [1.807, 2.05) is 69.3 Å². The van der Waals surface area contributed by atoms with Gasteiger partial charge < -0.3 is 26.0 Å². The molecule has 0 spiro atoms. The van der Waals surface area contributed by atoms with Crippen molar-refractivity contribution in [3.63, 3.8) is 0 Å². The highest BCUT2D eigenvalue weighted by Gasteiger charge is 2.28. The van der Waals surface area contributed by atoms with Gasteiger partial charge in [-0.05, 0) is 87.4 Å². The molecule has 0 saturated heterocycles. The molecule has 0 aliphatic rings. The van der Waals surface area contributed by atoms with Crippen molar-refractivity contribution >= 4 is 50.3 Å². The molecule has 0 aliphatic heterocycles. The fraction of sp³-hybridized carbons (Fsp3) is 0.200. The number of imidazole rings is 1. The standard InChI is InChI=1S/C35H36N6O6S/c1-21-9-16-26(17-10-21)48(46,47)41-30(32(43)44)20-36-31(42)23-11-18-28-29(19-23)39-33(38-28)35(3,4)24-12-14-25(15-13-24)37-34(45)40-27-8-6-5-7-22(27)2/h5-19,30,41H,20H2,1-4H3,(H,36,42)(H,38,39)(H,43,44)(H2,37,40,45)/t30-/m0/s1. The first kappa shape index (κ1) is 33.8. The molecule has 0 saturated carbocycles. The normalized spacial score (nSPS) is 12.3. The number of benzene rings is 4. The fourth-order valence-corrected chi connectivity index (χ4v) is 6.19. The van der Waals surface area contributed by atoms with Gasteiger partial charge >= 0.3 is 12.0 Å². The first-order valence-corrected chi connectivity index (χ1v) is 16.6. The maximum absolute atomic E-state index is 13.0. The summed E-state index contributed by atoms with van der Waals surface area (Å²) in [7, 11) is -4.13. The number of carboxylic acid groups (broad SMARTS) is 1. The van der Waals surface area contributed by atoms with Gasteiger partial charge in [0.05, 0.1) is 15.9 Å². The van der Waals surface area contributed by atoms with Gasteiger partial charge in [-0.15, -0.1) is 0 Å². The van der Waals surface area contributed by atoms with Crippen LogP contribution >= 0.6 is 0 Å². The number of carboxylic acids is 1. The summed E-state index contributed by atoms with van der Waals surface area (Å²) >= 11 is 0. The van der Waals surface area contributed by atoms with Gasteiger partial charge in [-0.25, -0.2) is 18.2 Å². The molecule has 1 aromatic heterocycles. The van der Waals surface area contributed by atoms with Crippen molar-refractivity contribution in [2.24, 2.45) is 0 Å². The zero-order valence-corrected chi connectivity index (χ0v) is 27.6. The molecule has 0 radical (unpaired) electrons. The number of anilines is 2. The van der Waals surface area contributed by atoms with Crippen LogP contribution in [0.5, 0.6) is 0 Å². The van der Waals surface area contributed by atoms with E-state index in [1.54, 1.807) is 37.3 Å². The Morgan fingerprint density at radius 1 is 0.896 bits per heavy atom. The number of hydrogen-bond acceptors (Lipinski definition) is 6. The quantitative estimate of drug-likeness (QED) is 0.110. The maximum atomic E-state index is 13.0. The van der Waals surface area contributed by atoms with Gasteiger partial charge in [-0.1, -0.05) is 48.0 Å². The predicted octanol–water partition coefficient (Wildman–Crippen LogP) is 5.31. The van der Waals surface area contributed by atoms with Crippen molar-refractivity contribution < 1.29 is 27.9 Å². The minimum Gasteiger partial charge on any atom is -0.480 e. The number of aryl methyl sites for hydroxylation is 2. The summed E-state index contributed by atoms with van der Waals surface area (Å²) in [5, 5.41) is 17.8. The van der Waals surface area contributed by atoms with Crippen LogP contribution in [0.3, 0.4) is 0 Å². The summed E-state index contributed by atoms with van der Waals surface area (Å²) in [5.74, 6) is -1.37. The van der Waals surface area contributed by atoms with Gasteiger partial charge in [-0.3, -0.25) is 9.59 Å². The van der Waals surface area contributed by atoms with Gasteiger partial charge in [0.1, 0.15) is 11.9 Å². The van der Waals surface area contributed by atoms with Gasteiger partial charge in [0.15, 0.2) is 0 Å². The topological polar surface area (TPSA) is 182 Å². The molecule has 48 heavy (non-hydrogen) atoms. The zero-order valence-electron chi connectivity index (χ0n) is 26.8. The van der Waals surface area contributed by atoms with Gasteiger partial charge in [0.2, 0.25) is 10.0 Å². The van der Waals surface area contributed by atoms with Crippen LogP contribution in [0.2, 0.25) is 0 Å². The Kier molecular flexibility index (Phi) is 9.64. The summed E-state index contributed by atoms with van der Waals surface area (Å²) in [6.07, 6.45) is 0. The van der Waals surface area contributed by atoms with Crippen molar-refractivity contribution in [1.82, 2.24) is 20.0 Å². The van der Waals surface area contributed by atoms with Gasteiger partial charge in [-0.2, -0.15) is 4.72 Å². The molecule has 248 valence electrons. The number of urea groups is 1. The van der Waals surface area contributed by atoms with Crippen LogP contribution in [0, 0.1) is 13.8 Å². The number of aromatic amines is 1. The summed E-state index contributed by atoms with van der Waals surface area (Å²) < 4.78 is 27.6. The van der Waals surface area contributed by atoms with E-state index in [0.29, 0.717) is 22.5 Å². The molecule has 12 nitrogen and oxygen atoms in total. The van der Waals surface area contributed by atoms with Crippen molar-refractivity contribution in [3.05, 3.63) is 119 Å². The monoisotopic (exact) mass is 668 g/mol. The average Bonchev–Trinajstić information content (AvgIpc) is 3.49. The van der Waals surface area contributed by atoms with E-state index in [-0.39, 0.29) is 16.5 Å². The SMILES string of the molecule is Cc1ccc(S(=O)(=O)N[C@@H](CNC(=O)c2ccc3nc(C(C)(C)c4ccc(NC(=O)Nc5ccccc5C)cc4)[nH]c3c2)C(=O)O)cc1. The zero-order chi connectivity index (χ0) is 34.6. The third kappa shape index (κ3) is 7.70. The summed E-state index contributed by atoms with van der Waals surface area (Å²) in [6, 6.07) is 23.8. The number of fused-ring (bicyclic) bond motifs is 1. The van der Waals surface area contributed by atoms with Crippen LogP contribution < -0.4 is 20.7 Å². The number of sulfonamides is 1. The molecule has 0 unspecified atom stereocenters. The van der Waals surface area contributed by atoms with Crippen molar-refractivity contribution in [1.29, 1.82) is 0 Å². The number of carbonyl (C=O) groups is 3. The molecular weight excluding hydrogens is 632 g/mol. The van der Waals surface area contributed by atoms with E-state index in [2.05, 4.69) is 25.7 Å². The molecule has 0 fully saturated rings. The van der Waals surface area contributed by atoms with E-state index in [0.717, 1.165) is 22.4 Å². The van der Waals surface area contributed by atoms with Crippen LogP contribution in [0.25, 0.3) is 11.0 Å². The number of hydrogen-bond donors (Lipinski definition) is 6. The number of carbonyl (C=O) groups excluding carboxylic acids is 2. The molecule has 3 amide bonds. The minimum absolute atomic E-state index is 0.0805. The maximum Gasteiger partial charge on any atom is 0.323 e. The first-order valence-electron chi connectivity index (χ1n) is 15.1.